The van der Waals surface area contributed by atoms with E-state index in [1.165, 1.54) is 12.5 Å². The van der Waals surface area contributed by atoms with Crippen LogP contribution in [0.1, 0.15) is 50.7 Å². The van der Waals surface area contributed by atoms with Crippen LogP contribution in [-0.2, 0) is 20.7 Å². The number of carbonyl (C=O) groups is 2. The maximum absolute atomic E-state index is 12.7. The average molecular weight is 352 g/mol. The van der Waals surface area contributed by atoms with Gasteiger partial charge in [-0.2, -0.15) is 5.26 Å². The van der Waals surface area contributed by atoms with Crippen LogP contribution >= 0.6 is 0 Å². The molecule has 136 valence electrons. The van der Waals surface area contributed by atoms with Crippen molar-refractivity contribution >= 4 is 11.8 Å². The fourth-order valence-electron chi connectivity index (χ4n) is 3.13. The molecule has 1 aromatic rings. The van der Waals surface area contributed by atoms with Gasteiger partial charge < -0.3 is 10.5 Å². The van der Waals surface area contributed by atoms with E-state index in [0.717, 1.165) is 17.6 Å². The maximum Gasteiger partial charge on any atom is 0.334 e. The van der Waals surface area contributed by atoms with Crippen molar-refractivity contribution in [2.45, 2.75) is 46.0 Å². The molecule has 1 aromatic carbocycles. The van der Waals surface area contributed by atoms with Gasteiger partial charge in [0.05, 0.1) is 24.2 Å². The third-order valence-corrected chi connectivity index (χ3v) is 4.59. The number of Topliss-reactive ketones (excluding diaryl/α,β-unsaturated/α-hetero) is 1. The number of esters is 1. The van der Waals surface area contributed by atoms with E-state index in [1.807, 2.05) is 31.2 Å². The minimum absolute atomic E-state index is 0.0352. The first-order chi connectivity index (χ1) is 12.4. The molecule has 0 radical (unpaired) electrons. The number of ether oxygens (including phenoxy) is 1. The number of hydrogen-bond donors (Lipinski definition) is 1. The Kier molecular flexibility index (Phi) is 6.35. The van der Waals surface area contributed by atoms with Crippen molar-refractivity contribution in [1.82, 2.24) is 0 Å². The molecule has 2 rings (SSSR count). The quantitative estimate of drug-likeness (QED) is 0.793. The molecular weight excluding hydrogens is 328 g/mol. The summed E-state index contributed by atoms with van der Waals surface area (Å²) in [6.07, 6.45) is 1.45. The lowest BCUT2D eigenvalue weighted by molar-refractivity contribution is -0.140. The normalized spacial score (nSPS) is 17.1. The number of nitriles is 1. The summed E-state index contributed by atoms with van der Waals surface area (Å²) in [5.74, 6) is -1.07. The molecule has 0 aliphatic heterocycles. The molecule has 5 nitrogen and oxygen atoms in total. The van der Waals surface area contributed by atoms with Crippen LogP contribution in [0.2, 0.25) is 0 Å². The fraction of sp³-hybridized carbons (Fsp3) is 0.381. The van der Waals surface area contributed by atoms with Crippen LogP contribution in [-0.4, -0.2) is 18.4 Å². The zero-order valence-corrected chi connectivity index (χ0v) is 15.5. The number of allylic oxidation sites excluding steroid dienone is 2. The number of rotatable bonds is 6. The summed E-state index contributed by atoms with van der Waals surface area (Å²) >= 11 is 0. The van der Waals surface area contributed by atoms with Crippen LogP contribution in [0, 0.1) is 11.3 Å². The van der Waals surface area contributed by atoms with Crippen LogP contribution in [0.3, 0.4) is 0 Å². The van der Waals surface area contributed by atoms with Crippen molar-refractivity contribution in [1.29, 1.82) is 5.26 Å². The van der Waals surface area contributed by atoms with Gasteiger partial charge in [-0.1, -0.05) is 36.8 Å². The maximum atomic E-state index is 12.7. The highest BCUT2D eigenvalue weighted by atomic mass is 16.5. The second-order valence-electron chi connectivity index (χ2n) is 6.54. The molecule has 0 amide bonds. The molecule has 0 spiro atoms. The van der Waals surface area contributed by atoms with E-state index in [-0.39, 0.29) is 18.8 Å². The second kappa shape index (κ2) is 8.48. The average Bonchev–Trinajstić information content (AvgIpc) is 2.60. The molecule has 5 heteroatoms. The van der Waals surface area contributed by atoms with Gasteiger partial charge in [-0.3, -0.25) is 4.79 Å². The van der Waals surface area contributed by atoms with Crippen LogP contribution in [0.15, 0.2) is 46.7 Å². The van der Waals surface area contributed by atoms with E-state index < -0.39 is 11.9 Å². The van der Waals surface area contributed by atoms with Crippen molar-refractivity contribution < 1.29 is 14.3 Å². The van der Waals surface area contributed by atoms with E-state index in [4.69, 9.17) is 10.5 Å². The van der Waals surface area contributed by atoms with Crippen LogP contribution < -0.4 is 5.73 Å². The third kappa shape index (κ3) is 4.20. The topological polar surface area (TPSA) is 93.2 Å². The van der Waals surface area contributed by atoms with Crippen LogP contribution in [0.4, 0.5) is 0 Å². The summed E-state index contributed by atoms with van der Waals surface area (Å²) in [7, 11) is 0. The molecule has 1 unspecified atom stereocenters. The zero-order chi connectivity index (χ0) is 19.3. The summed E-state index contributed by atoms with van der Waals surface area (Å²) in [6.45, 7) is 5.38. The minimum atomic E-state index is -0.538. The van der Waals surface area contributed by atoms with Crippen molar-refractivity contribution in [2.75, 3.05) is 6.61 Å². The van der Waals surface area contributed by atoms with Crippen molar-refractivity contribution in [3.05, 3.63) is 57.8 Å². The molecule has 1 aliphatic carbocycles. The standard InChI is InChI=1S/C21H24N2O3/c1-4-15-5-7-16(8-6-15)20-17(12-22)18(23)11-13(2)19(20)21(25)26-10-9-14(3)24/h5-8,20H,4,9-11,23H2,1-3H3. The zero-order valence-electron chi connectivity index (χ0n) is 15.5. The Morgan fingerprint density at radius 3 is 2.50 bits per heavy atom. The van der Waals surface area contributed by atoms with Crippen molar-refractivity contribution in [3.8, 4) is 6.07 Å². The monoisotopic (exact) mass is 352 g/mol. The van der Waals surface area contributed by atoms with E-state index >= 15 is 0 Å². The van der Waals surface area contributed by atoms with Gasteiger partial charge in [-0.05, 0) is 31.4 Å². The van der Waals surface area contributed by atoms with E-state index in [9.17, 15) is 14.9 Å². The molecule has 0 saturated carbocycles. The Bertz CT molecular complexity index is 811. The predicted octanol–water partition coefficient (Wildman–Crippen LogP) is 3.31. The van der Waals surface area contributed by atoms with Gasteiger partial charge in [0.15, 0.2) is 0 Å². The number of aryl methyl sites for hydroxylation is 1. The van der Waals surface area contributed by atoms with Gasteiger partial charge in [-0.25, -0.2) is 4.79 Å². The molecule has 0 heterocycles. The lowest BCUT2D eigenvalue weighted by Gasteiger charge is -2.27. The smallest absolute Gasteiger partial charge is 0.334 e. The van der Waals surface area contributed by atoms with Gasteiger partial charge in [0.1, 0.15) is 5.78 Å². The Balaban J connectivity index is 2.41. The number of nitrogens with zero attached hydrogens (tertiary/aromatic N) is 1. The first kappa shape index (κ1) is 19.5. The number of carbonyl (C=O) groups excluding carboxylic acids is 2. The first-order valence-corrected chi connectivity index (χ1v) is 8.72. The minimum Gasteiger partial charge on any atom is -0.462 e. The molecule has 2 N–H and O–H groups in total. The molecule has 26 heavy (non-hydrogen) atoms. The summed E-state index contributed by atoms with van der Waals surface area (Å²) < 4.78 is 5.30. The van der Waals surface area contributed by atoms with Gasteiger partial charge in [0.25, 0.3) is 0 Å². The van der Waals surface area contributed by atoms with Gasteiger partial charge in [0, 0.05) is 24.1 Å². The van der Waals surface area contributed by atoms with Gasteiger partial charge in [-0.15, -0.1) is 0 Å². The van der Waals surface area contributed by atoms with Gasteiger partial charge in [0.2, 0.25) is 0 Å². The molecule has 0 aromatic heterocycles. The highest BCUT2D eigenvalue weighted by Gasteiger charge is 2.34. The Hall–Kier alpha value is -2.87. The number of ketones is 1. The molecule has 1 atom stereocenters. The van der Waals surface area contributed by atoms with Crippen molar-refractivity contribution in [2.24, 2.45) is 5.73 Å². The number of hydrogen-bond acceptors (Lipinski definition) is 5. The summed E-state index contributed by atoms with van der Waals surface area (Å²) in [5.41, 5.74) is 10.2. The second-order valence-corrected chi connectivity index (χ2v) is 6.54. The van der Waals surface area contributed by atoms with E-state index in [0.29, 0.717) is 23.3 Å². The van der Waals surface area contributed by atoms with Crippen LogP contribution in [0.5, 0.6) is 0 Å². The third-order valence-electron chi connectivity index (χ3n) is 4.59. The van der Waals surface area contributed by atoms with E-state index in [1.54, 1.807) is 0 Å². The summed E-state index contributed by atoms with van der Waals surface area (Å²) in [5, 5.41) is 9.62. The number of benzene rings is 1. The Morgan fingerprint density at radius 1 is 1.31 bits per heavy atom. The fourth-order valence-corrected chi connectivity index (χ4v) is 3.13. The lowest BCUT2D eigenvalue weighted by atomic mass is 9.77. The van der Waals surface area contributed by atoms with Crippen molar-refractivity contribution in [3.63, 3.8) is 0 Å². The predicted molar refractivity (Wildman–Crippen MR) is 99.0 cm³/mol. The molecular formula is C21H24N2O3. The van der Waals surface area contributed by atoms with Gasteiger partial charge >= 0.3 is 5.97 Å². The highest BCUT2D eigenvalue weighted by molar-refractivity contribution is 5.93. The Labute approximate surface area is 154 Å². The first-order valence-electron chi connectivity index (χ1n) is 8.72. The largest absolute Gasteiger partial charge is 0.462 e. The number of nitrogens with two attached hydrogens (primary N) is 1. The molecule has 1 aliphatic rings. The molecule has 0 saturated heterocycles. The molecule has 0 fully saturated rings. The highest BCUT2D eigenvalue weighted by Crippen LogP contribution is 2.40. The summed E-state index contributed by atoms with van der Waals surface area (Å²) in [4.78, 5) is 23.8. The Morgan fingerprint density at radius 2 is 1.96 bits per heavy atom. The van der Waals surface area contributed by atoms with Crippen LogP contribution in [0.25, 0.3) is 0 Å². The lowest BCUT2D eigenvalue weighted by Crippen LogP contribution is -2.24. The SMILES string of the molecule is CCc1ccc(C2C(C#N)=C(N)CC(C)=C2C(=O)OCCC(C)=O)cc1. The molecule has 0 bridgehead atoms. The summed E-state index contributed by atoms with van der Waals surface area (Å²) in [6, 6.07) is 10.00. The van der Waals surface area contributed by atoms with E-state index in [2.05, 4.69) is 13.0 Å².